The maximum atomic E-state index is 13.1. The molecule has 7 nitrogen and oxygen atoms in total. The first kappa shape index (κ1) is 23.0. The summed E-state index contributed by atoms with van der Waals surface area (Å²) in [6.45, 7) is 1.21. The molecule has 2 heterocycles. The van der Waals surface area contributed by atoms with Crippen LogP contribution in [0, 0.1) is 0 Å². The van der Waals surface area contributed by atoms with E-state index >= 15 is 0 Å². The molecule has 0 spiro atoms. The average Bonchev–Trinajstić information content (AvgIpc) is 3.49. The Hall–Kier alpha value is -3.13. The third kappa shape index (κ3) is 5.63. The summed E-state index contributed by atoms with van der Waals surface area (Å²) in [5.74, 6) is -0.963. The van der Waals surface area contributed by atoms with E-state index in [-0.39, 0.29) is 17.2 Å². The van der Waals surface area contributed by atoms with Crippen LogP contribution in [0.15, 0.2) is 59.6 Å². The second-order valence-electron chi connectivity index (χ2n) is 8.31. The van der Waals surface area contributed by atoms with Gasteiger partial charge >= 0.3 is 5.97 Å². The van der Waals surface area contributed by atoms with Gasteiger partial charge in [-0.15, -0.1) is 11.8 Å². The van der Waals surface area contributed by atoms with Crippen LogP contribution in [0.4, 0.5) is 0 Å². The van der Waals surface area contributed by atoms with Gasteiger partial charge in [-0.1, -0.05) is 54.6 Å². The van der Waals surface area contributed by atoms with Gasteiger partial charge in [0.25, 0.3) is 0 Å². The molecule has 3 atom stereocenters. The number of carboxylic acids is 1. The number of nitrogens with zero attached hydrogens (tertiary/aromatic N) is 2. The SMILES string of the molecule is O=CNC(CC1CN=C(C2CCCN2C(=O)Cc2ccc(-c3ccccc3)cc2)S1)C(=O)O. The molecule has 4 rings (SSSR count). The molecule has 2 aliphatic rings. The molecule has 0 radical (unpaired) electrons. The second kappa shape index (κ2) is 10.7. The van der Waals surface area contributed by atoms with Crippen LogP contribution < -0.4 is 5.32 Å². The fraction of sp³-hybridized carbons (Fsp3) is 0.360. The Labute approximate surface area is 197 Å². The summed E-state index contributed by atoms with van der Waals surface area (Å²) in [5.41, 5.74) is 3.25. The number of benzene rings is 2. The van der Waals surface area contributed by atoms with Crippen LogP contribution in [0.5, 0.6) is 0 Å². The molecule has 0 aromatic heterocycles. The molecule has 2 aliphatic heterocycles. The number of aliphatic carboxylic acids is 1. The number of amides is 2. The molecule has 33 heavy (non-hydrogen) atoms. The standard InChI is InChI=1S/C25H27N3O4S/c29-16-27-21(25(31)32)14-20-15-26-24(33-20)22-7-4-12-28(22)23(30)13-17-8-10-19(11-9-17)18-5-2-1-3-6-18/h1-3,5-6,8-11,16,20-22H,4,7,12-15H2,(H,27,29)(H,31,32). The highest BCUT2D eigenvalue weighted by Crippen LogP contribution is 2.32. The summed E-state index contributed by atoms with van der Waals surface area (Å²) in [5, 5.41) is 12.5. The number of likely N-dealkylation sites (tertiary alicyclic amines) is 1. The first-order chi connectivity index (χ1) is 16.0. The Bertz CT molecular complexity index is 1030. The highest BCUT2D eigenvalue weighted by Gasteiger charge is 2.36. The molecular formula is C25H27N3O4S. The number of carbonyl (C=O) groups excluding carboxylic acids is 2. The van der Waals surface area contributed by atoms with Crippen LogP contribution in [-0.2, 0) is 20.8 Å². The lowest BCUT2D eigenvalue weighted by Gasteiger charge is -2.25. The lowest BCUT2D eigenvalue weighted by molar-refractivity contribution is -0.140. The van der Waals surface area contributed by atoms with Crippen molar-refractivity contribution >= 4 is 35.1 Å². The third-order valence-electron chi connectivity index (χ3n) is 6.08. The van der Waals surface area contributed by atoms with E-state index in [4.69, 9.17) is 0 Å². The predicted molar refractivity (Wildman–Crippen MR) is 129 cm³/mol. The normalized spacial score (nSPS) is 20.8. The van der Waals surface area contributed by atoms with Gasteiger partial charge in [0.15, 0.2) is 0 Å². The fourth-order valence-electron chi connectivity index (χ4n) is 4.37. The molecule has 0 saturated carbocycles. The van der Waals surface area contributed by atoms with Crippen LogP contribution in [-0.4, -0.2) is 63.8 Å². The quantitative estimate of drug-likeness (QED) is 0.555. The van der Waals surface area contributed by atoms with Crippen molar-refractivity contribution in [3.63, 3.8) is 0 Å². The zero-order valence-electron chi connectivity index (χ0n) is 18.2. The minimum atomic E-state index is -1.05. The fourth-order valence-corrected chi connectivity index (χ4v) is 5.70. The van der Waals surface area contributed by atoms with Crippen molar-refractivity contribution in [3.05, 3.63) is 60.2 Å². The third-order valence-corrected chi connectivity index (χ3v) is 7.40. The van der Waals surface area contributed by atoms with Crippen molar-refractivity contribution in [1.82, 2.24) is 10.2 Å². The van der Waals surface area contributed by atoms with Crippen molar-refractivity contribution in [2.24, 2.45) is 4.99 Å². The Kier molecular flexibility index (Phi) is 7.44. The summed E-state index contributed by atoms with van der Waals surface area (Å²) in [7, 11) is 0. The van der Waals surface area contributed by atoms with Gasteiger partial charge in [0.05, 0.1) is 24.1 Å². The van der Waals surface area contributed by atoms with Crippen molar-refractivity contribution in [3.8, 4) is 11.1 Å². The number of thioether (sulfide) groups is 1. The highest BCUT2D eigenvalue weighted by atomic mass is 32.2. The van der Waals surface area contributed by atoms with E-state index in [1.807, 2.05) is 47.4 Å². The lowest BCUT2D eigenvalue weighted by atomic mass is 10.0. The summed E-state index contributed by atoms with van der Waals surface area (Å²) in [6, 6.07) is 17.3. The van der Waals surface area contributed by atoms with E-state index in [1.54, 1.807) is 11.8 Å². The first-order valence-corrected chi connectivity index (χ1v) is 12.0. The zero-order chi connectivity index (χ0) is 23.2. The number of rotatable bonds is 9. The molecule has 1 fully saturated rings. The largest absolute Gasteiger partial charge is 0.480 e. The summed E-state index contributed by atoms with van der Waals surface area (Å²) >= 11 is 1.54. The average molecular weight is 466 g/mol. The summed E-state index contributed by atoms with van der Waals surface area (Å²) in [6.07, 6.45) is 2.87. The summed E-state index contributed by atoms with van der Waals surface area (Å²) < 4.78 is 0. The monoisotopic (exact) mass is 465 g/mol. The van der Waals surface area contributed by atoms with Crippen molar-refractivity contribution in [1.29, 1.82) is 0 Å². The van der Waals surface area contributed by atoms with Gasteiger partial charge in [-0.05, 0) is 36.0 Å². The van der Waals surface area contributed by atoms with Crippen molar-refractivity contribution < 1.29 is 19.5 Å². The highest BCUT2D eigenvalue weighted by molar-refractivity contribution is 8.14. The van der Waals surface area contributed by atoms with E-state index in [0.29, 0.717) is 32.3 Å². The molecule has 2 aromatic carbocycles. The number of hydrogen-bond acceptors (Lipinski definition) is 5. The smallest absolute Gasteiger partial charge is 0.326 e. The van der Waals surface area contributed by atoms with Gasteiger partial charge in [0, 0.05) is 11.8 Å². The molecule has 2 N–H and O–H groups in total. The van der Waals surface area contributed by atoms with Gasteiger partial charge in [0.2, 0.25) is 12.3 Å². The van der Waals surface area contributed by atoms with E-state index in [2.05, 4.69) is 22.4 Å². The number of hydrogen-bond donors (Lipinski definition) is 2. The van der Waals surface area contributed by atoms with Crippen LogP contribution >= 0.6 is 11.8 Å². The van der Waals surface area contributed by atoms with Gasteiger partial charge in [-0.25, -0.2) is 4.79 Å². The number of nitrogens with one attached hydrogen (secondary N) is 1. The van der Waals surface area contributed by atoms with Gasteiger partial charge in [-0.3, -0.25) is 14.6 Å². The van der Waals surface area contributed by atoms with Gasteiger partial charge < -0.3 is 15.3 Å². The maximum absolute atomic E-state index is 13.1. The molecule has 0 aliphatic carbocycles. The topological polar surface area (TPSA) is 99.1 Å². The Morgan fingerprint density at radius 1 is 1.15 bits per heavy atom. The Morgan fingerprint density at radius 2 is 1.88 bits per heavy atom. The Balaban J connectivity index is 1.35. The van der Waals surface area contributed by atoms with Crippen LogP contribution in [0.25, 0.3) is 11.1 Å². The predicted octanol–water partition coefficient (Wildman–Crippen LogP) is 2.99. The summed E-state index contributed by atoms with van der Waals surface area (Å²) in [4.78, 5) is 41.6. The van der Waals surface area contributed by atoms with Crippen molar-refractivity contribution in [2.45, 2.75) is 43.0 Å². The number of carboxylic acid groups (broad SMARTS) is 1. The van der Waals surface area contributed by atoms with Crippen molar-refractivity contribution in [2.75, 3.05) is 13.1 Å². The number of carbonyl (C=O) groups is 3. The lowest BCUT2D eigenvalue weighted by Crippen LogP contribution is -2.40. The number of aliphatic imine (C=N–C) groups is 1. The molecule has 8 heteroatoms. The van der Waals surface area contributed by atoms with E-state index < -0.39 is 12.0 Å². The Morgan fingerprint density at radius 3 is 2.58 bits per heavy atom. The minimum Gasteiger partial charge on any atom is -0.480 e. The van der Waals surface area contributed by atoms with E-state index in [9.17, 15) is 19.5 Å². The minimum absolute atomic E-state index is 0.0170. The van der Waals surface area contributed by atoms with Gasteiger partial charge in [-0.2, -0.15) is 0 Å². The molecular weight excluding hydrogens is 438 g/mol. The van der Waals surface area contributed by atoms with Crippen LogP contribution in [0.2, 0.25) is 0 Å². The molecule has 3 unspecified atom stereocenters. The van der Waals surface area contributed by atoms with E-state index in [0.717, 1.165) is 34.6 Å². The molecule has 172 valence electrons. The molecule has 2 amide bonds. The van der Waals surface area contributed by atoms with Gasteiger partial charge in [0.1, 0.15) is 6.04 Å². The molecule has 2 aromatic rings. The van der Waals surface area contributed by atoms with Crippen LogP contribution in [0.3, 0.4) is 0 Å². The first-order valence-electron chi connectivity index (χ1n) is 11.1. The maximum Gasteiger partial charge on any atom is 0.326 e. The molecule has 0 bridgehead atoms. The van der Waals surface area contributed by atoms with E-state index in [1.165, 1.54) is 0 Å². The zero-order valence-corrected chi connectivity index (χ0v) is 19.0. The second-order valence-corrected chi connectivity index (χ2v) is 9.64. The molecule has 1 saturated heterocycles. The van der Waals surface area contributed by atoms with Crippen LogP contribution in [0.1, 0.15) is 24.8 Å².